The number of nitrogens with one attached hydrogen (secondary N) is 2. The SMILES string of the molecule is Cc1ccc(Cl)cc1NC(=O)C(=O)NC1=NCCS1. The first-order valence-electron chi connectivity index (χ1n) is 5.62. The normalized spacial score (nSPS) is 13.9. The van der Waals surface area contributed by atoms with E-state index in [1.54, 1.807) is 18.2 Å². The average molecular weight is 298 g/mol. The van der Waals surface area contributed by atoms with E-state index in [0.717, 1.165) is 11.3 Å². The molecule has 0 radical (unpaired) electrons. The highest BCUT2D eigenvalue weighted by Gasteiger charge is 2.18. The van der Waals surface area contributed by atoms with Crippen LogP contribution in [0.3, 0.4) is 0 Å². The molecule has 1 aliphatic heterocycles. The van der Waals surface area contributed by atoms with Crippen LogP contribution in [0.2, 0.25) is 5.02 Å². The van der Waals surface area contributed by atoms with Crippen LogP contribution in [-0.4, -0.2) is 29.3 Å². The van der Waals surface area contributed by atoms with Crippen LogP contribution in [0.25, 0.3) is 0 Å². The lowest BCUT2D eigenvalue weighted by atomic mass is 10.2. The van der Waals surface area contributed by atoms with E-state index in [4.69, 9.17) is 11.6 Å². The second kappa shape index (κ2) is 6.08. The van der Waals surface area contributed by atoms with Gasteiger partial charge in [-0.1, -0.05) is 29.4 Å². The third-order valence-corrected chi connectivity index (χ3v) is 3.59. The van der Waals surface area contributed by atoms with Gasteiger partial charge in [-0.15, -0.1) is 0 Å². The van der Waals surface area contributed by atoms with E-state index in [9.17, 15) is 9.59 Å². The van der Waals surface area contributed by atoms with E-state index in [-0.39, 0.29) is 0 Å². The number of thioether (sulfide) groups is 1. The second-order valence-corrected chi connectivity index (χ2v) is 5.42. The molecule has 19 heavy (non-hydrogen) atoms. The van der Waals surface area contributed by atoms with Crippen LogP contribution < -0.4 is 10.6 Å². The van der Waals surface area contributed by atoms with Crippen LogP contribution in [0.5, 0.6) is 0 Å². The van der Waals surface area contributed by atoms with Crippen molar-refractivity contribution in [2.24, 2.45) is 4.99 Å². The third-order valence-electron chi connectivity index (χ3n) is 2.46. The van der Waals surface area contributed by atoms with Gasteiger partial charge in [-0.2, -0.15) is 0 Å². The smallest absolute Gasteiger partial charge is 0.315 e. The molecule has 0 aliphatic carbocycles. The zero-order valence-corrected chi connectivity index (χ0v) is 11.8. The molecular weight excluding hydrogens is 286 g/mol. The first-order valence-corrected chi connectivity index (χ1v) is 6.98. The van der Waals surface area contributed by atoms with Crippen molar-refractivity contribution >= 4 is 46.0 Å². The van der Waals surface area contributed by atoms with Crippen molar-refractivity contribution in [2.45, 2.75) is 6.92 Å². The zero-order valence-electron chi connectivity index (χ0n) is 10.2. The summed E-state index contributed by atoms with van der Waals surface area (Å²) < 4.78 is 0. The van der Waals surface area contributed by atoms with Crippen molar-refractivity contribution in [2.75, 3.05) is 17.6 Å². The Balaban J connectivity index is 2.00. The van der Waals surface area contributed by atoms with Crippen LogP contribution in [0.1, 0.15) is 5.56 Å². The quantitative estimate of drug-likeness (QED) is 0.777. The highest BCUT2D eigenvalue weighted by molar-refractivity contribution is 8.14. The number of amidine groups is 1. The predicted octanol–water partition coefficient (Wildman–Crippen LogP) is 1.81. The number of hydrogen-bond donors (Lipinski definition) is 2. The molecule has 0 bridgehead atoms. The van der Waals surface area contributed by atoms with Crippen LogP contribution >= 0.6 is 23.4 Å². The maximum Gasteiger partial charge on any atom is 0.315 e. The summed E-state index contributed by atoms with van der Waals surface area (Å²) in [5.74, 6) is -0.641. The molecule has 2 N–H and O–H groups in total. The van der Waals surface area contributed by atoms with Gasteiger partial charge in [0.1, 0.15) is 0 Å². The molecule has 1 heterocycles. The summed E-state index contributed by atoms with van der Waals surface area (Å²) in [6, 6.07) is 5.09. The highest BCUT2D eigenvalue weighted by Crippen LogP contribution is 2.20. The summed E-state index contributed by atoms with van der Waals surface area (Å²) in [5, 5.41) is 5.97. The monoisotopic (exact) mass is 297 g/mol. The summed E-state index contributed by atoms with van der Waals surface area (Å²) in [6.45, 7) is 2.48. The Bertz CT molecular complexity index is 560. The van der Waals surface area contributed by atoms with Crippen molar-refractivity contribution in [3.8, 4) is 0 Å². The number of amides is 2. The number of hydrogen-bond acceptors (Lipinski definition) is 4. The Morgan fingerprint density at radius 3 is 2.74 bits per heavy atom. The van der Waals surface area contributed by atoms with Gasteiger partial charge in [0.05, 0.1) is 6.54 Å². The predicted molar refractivity (Wildman–Crippen MR) is 77.7 cm³/mol. The minimum atomic E-state index is -0.736. The van der Waals surface area contributed by atoms with Gasteiger partial charge >= 0.3 is 11.8 Å². The number of aryl methyl sites for hydroxylation is 1. The summed E-state index contributed by atoms with van der Waals surface area (Å²) in [7, 11) is 0. The topological polar surface area (TPSA) is 70.6 Å². The van der Waals surface area contributed by atoms with Gasteiger partial charge in [0.2, 0.25) is 0 Å². The van der Waals surface area contributed by atoms with E-state index >= 15 is 0 Å². The number of benzene rings is 1. The van der Waals surface area contributed by atoms with Crippen LogP contribution in [0.4, 0.5) is 5.69 Å². The standard InChI is InChI=1S/C12H12ClN3O2S/c1-7-2-3-8(13)6-9(7)15-10(17)11(18)16-12-14-4-5-19-12/h2-3,6H,4-5H2,1H3,(H,15,17)(H,14,16,18). The summed E-state index contributed by atoms with van der Waals surface area (Å²) >= 11 is 7.26. The van der Waals surface area contributed by atoms with E-state index in [1.165, 1.54) is 11.8 Å². The van der Waals surface area contributed by atoms with Gasteiger partial charge in [0.25, 0.3) is 0 Å². The molecule has 100 valence electrons. The lowest BCUT2D eigenvalue weighted by molar-refractivity contribution is -0.135. The Morgan fingerprint density at radius 1 is 1.32 bits per heavy atom. The van der Waals surface area contributed by atoms with Crippen molar-refractivity contribution in [3.05, 3.63) is 28.8 Å². The fraction of sp³-hybridized carbons (Fsp3) is 0.250. The Hall–Kier alpha value is -1.53. The minimum Gasteiger partial charge on any atom is -0.317 e. The molecule has 1 aromatic carbocycles. The number of nitrogens with zero attached hydrogens (tertiary/aromatic N) is 1. The van der Waals surface area contributed by atoms with Crippen molar-refractivity contribution < 1.29 is 9.59 Å². The molecule has 0 saturated carbocycles. The molecule has 2 rings (SSSR count). The molecule has 2 amide bonds. The molecule has 7 heteroatoms. The summed E-state index contributed by atoms with van der Waals surface area (Å²) in [5.41, 5.74) is 1.35. The fourth-order valence-corrected chi connectivity index (χ4v) is 2.37. The largest absolute Gasteiger partial charge is 0.317 e. The van der Waals surface area contributed by atoms with Crippen molar-refractivity contribution in [1.29, 1.82) is 0 Å². The maximum atomic E-state index is 11.7. The van der Waals surface area contributed by atoms with Crippen LogP contribution in [0.15, 0.2) is 23.2 Å². The lowest BCUT2D eigenvalue weighted by Gasteiger charge is -2.08. The van der Waals surface area contributed by atoms with Crippen LogP contribution in [-0.2, 0) is 9.59 Å². The molecule has 1 aromatic rings. The van der Waals surface area contributed by atoms with Crippen LogP contribution in [0, 0.1) is 6.92 Å². The van der Waals surface area contributed by atoms with Gasteiger partial charge < -0.3 is 5.32 Å². The molecule has 0 unspecified atom stereocenters. The van der Waals surface area contributed by atoms with E-state index in [2.05, 4.69) is 15.6 Å². The first kappa shape index (κ1) is 13.9. The van der Waals surface area contributed by atoms with Gasteiger partial charge in [0, 0.05) is 16.5 Å². The van der Waals surface area contributed by atoms with Crippen molar-refractivity contribution in [3.63, 3.8) is 0 Å². The zero-order chi connectivity index (χ0) is 13.8. The number of carbonyl (C=O) groups excluding carboxylic acids is 2. The van der Waals surface area contributed by atoms with Gasteiger partial charge in [0.15, 0.2) is 5.17 Å². The van der Waals surface area contributed by atoms with Gasteiger partial charge in [-0.05, 0) is 24.6 Å². The fourth-order valence-electron chi connectivity index (χ4n) is 1.47. The van der Waals surface area contributed by atoms with E-state index in [1.807, 2.05) is 6.92 Å². The first-order chi connectivity index (χ1) is 9.06. The number of anilines is 1. The maximum absolute atomic E-state index is 11.7. The van der Waals surface area contributed by atoms with Gasteiger partial charge in [-0.25, -0.2) is 0 Å². The molecule has 1 aliphatic rings. The number of halogens is 1. The Labute approximate surface area is 119 Å². The third kappa shape index (κ3) is 3.71. The highest BCUT2D eigenvalue weighted by atomic mass is 35.5. The van der Waals surface area contributed by atoms with E-state index < -0.39 is 11.8 Å². The summed E-state index contributed by atoms with van der Waals surface area (Å²) in [6.07, 6.45) is 0. The molecule has 0 spiro atoms. The Kier molecular flexibility index (Phi) is 4.44. The number of carbonyl (C=O) groups is 2. The Morgan fingerprint density at radius 2 is 2.05 bits per heavy atom. The van der Waals surface area contributed by atoms with Crippen molar-refractivity contribution in [1.82, 2.24) is 5.32 Å². The molecule has 0 fully saturated rings. The molecule has 0 aromatic heterocycles. The second-order valence-electron chi connectivity index (χ2n) is 3.90. The molecule has 5 nitrogen and oxygen atoms in total. The summed E-state index contributed by atoms with van der Waals surface area (Å²) in [4.78, 5) is 27.4. The van der Waals surface area contributed by atoms with Gasteiger partial charge in [-0.3, -0.25) is 19.9 Å². The molecular formula is C12H12ClN3O2S. The lowest BCUT2D eigenvalue weighted by Crippen LogP contribution is -2.37. The number of rotatable bonds is 1. The molecule has 0 saturated heterocycles. The molecule has 0 atom stereocenters. The minimum absolute atomic E-state index is 0.489. The van der Waals surface area contributed by atoms with E-state index in [0.29, 0.717) is 22.4 Å². The average Bonchev–Trinajstić information content (AvgIpc) is 2.86. The number of aliphatic imine (C=N–C) groups is 1.